The van der Waals surface area contributed by atoms with E-state index in [1.807, 2.05) is 13.8 Å². The van der Waals surface area contributed by atoms with Gasteiger partial charge in [0.05, 0.1) is 24.6 Å². The normalized spacial score (nSPS) is 10.7. The van der Waals surface area contributed by atoms with Gasteiger partial charge in [0.15, 0.2) is 0 Å². The molecule has 2 heterocycles. The minimum Gasteiger partial charge on any atom is -0.465 e. The Morgan fingerprint density at radius 2 is 2.05 bits per heavy atom. The van der Waals surface area contributed by atoms with Crippen LogP contribution in [0.1, 0.15) is 30.2 Å². The molecule has 0 saturated heterocycles. The topological polar surface area (TPSA) is 66.1 Å². The largest absolute Gasteiger partial charge is 0.465 e. The molecule has 0 saturated carbocycles. The maximum absolute atomic E-state index is 11.8. The van der Waals surface area contributed by atoms with Crippen LogP contribution in [0.4, 0.5) is 0 Å². The maximum atomic E-state index is 11.8. The van der Waals surface area contributed by atoms with Gasteiger partial charge in [-0.1, -0.05) is 0 Å². The van der Waals surface area contributed by atoms with Gasteiger partial charge in [0.1, 0.15) is 0 Å². The SMILES string of the molecule is COC(=O)c1ccc(=O)n(-c2cnn(C(C)C)c2)c1. The Kier molecular flexibility index (Phi) is 3.50. The van der Waals surface area contributed by atoms with E-state index in [1.54, 1.807) is 17.1 Å². The van der Waals surface area contributed by atoms with Crippen molar-refractivity contribution < 1.29 is 9.53 Å². The highest BCUT2D eigenvalue weighted by molar-refractivity contribution is 5.88. The lowest BCUT2D eigenvalue weighted by atomic mass is 10.3. The first kappa shape index (κ1) is 13.1. The first-order chi connectivity index (χ1) is 9.02. The summed E-state index contributed by atoms with van der Waals surface area (Å²) in [5.74, 6) is -0.481. The number of nitrogens with zero attached hydrogens (tertiary/aromatic N) is 3. The average Bonchev–Trinajstić information content (AvgIpc) is 2.88. The number of carbonyl (C=O) groups is 1. The predicted octanol–water partition coefficient (Wildman–Crippen LogP) is 1.40. The third-order valence-electron chi connectivity index (χ3n) is 2.73. The number of carbonyl (C=O) groups excluding carboxylic acids is 1. The van der Waals surface area contributed by atoms with Crippen molar-refractivity contribution in [2.45, 2.75) is 19.9 Å². The van der Waals surface area contributed by atoms with E-state index in [2.05, 4.69) is 9.84 Å². The molecule has 2 rings (SSSR count). The molecule has 2 aromatic heterocycles. The van der Waals surface area contributed by atoms with Gasteiger partial charge in [-0.25, -0.2) is 4.79 Å². The highest BCUT2D eigenvalue weighted by Crippen LogP contribution is 2.09. The van der Waals surface area contributed by atoms with Crippen LogP contribution in [-0.2, 0) is 4.74 Å². The standard InChI is InChI=1S/C13H15N3O3/c1-9(2)16-8-11(6-14-16)15-7-10(13(18)19-3)4-5-12(15)17/h4-9H,1-3H3. The first-order valence-electron chi connectivity index (χ1n) is 5.88. The second kappa shape index (κ2) is 5.09. The van der Waals surface area contributed by atoms with Crippen LogP contribution in [-0.4, -0.2) is 27.4 Å². The quantitative estimate of drug-likeness (QED) is 0.783. The number of pyridine rings is 1. The van der Waals surface area contributed by atoms with Gasteiger partial charge in [0.2, 0.25) is 0 Å². The molecule has 0 amide bonds. The molecule has 0 aliphatic heterocycles. The van der Waals surface area contributed by atoms with Crippen molar-refractivity contribution in [2.75, 3.05) is 7.11 Å². The van der Waals surface area contributed by atoms with Crippen LogP contribution >= 0.6 is 0 Å². The van der Waals surface area contributed by atoms with E-state index in [-0.39, 0.29) is 11.6 Å². The van der Waals surface area contributed by atoms with Crippen molar-refractivity contribution in [2.24, 2.45) is 0 Å². The molecular formula is C13H15N3O3. The number of esters is 1. The molecular weight excluding hydrogens is 246 g/mol. The molecule has 0 unspecified atom stereocenters. The number of aromatic nitrogens is 3. The molecule has 19 heavy (non-hydrogen) atoms. The Hall–Kier alpha value is -2.37. The lowest BCUT2D eigenvalue weighted by Gasteiger charge is -2.05. The van der Waals surface area contributed by atoms with Gasteiger partial charge in [-0.2, -0.15) is 5.10 Å². The fourth-order valence-corrected chi connectivity index (χ4v) is 1.66. The van der Waals surface area contributed by atoms with Gasteiger partial charge in [-0.3, -0.25) is 14.0 Å². The molecule has 6 nitrogen and oxygen atoms in total. The second-order valence-corrected chi connectivity index (χ2v) is 4.39. The number of hydrogen-bond acceptors (Lipinski definition) is 4. The summed E-state index contributed by atoms with van der Waals surface area (Å²) in [5, 5.41) is 4.17. The van der Waals surface area contributed by atoms with Crippen molar-refractivity contribution in [1.29, 1.82) is 0 Å². The highest BCUT2D eigenvalue weighted by atomic mass is 16.5. The van der Waals surface area contributed by atoms with Crippen LogP contribution in [0.5, 0.6) is 0 Å². The molecule has 0 aliphatic carbocycles. The molecule has 2 aromatic rings. The van der Waals surface area contributed by atoms with Crippen LogP contribution in [0.25, 0.3) is 5.69 Å². The zero-order valence-electron chi connectivity index (χ0n) is 11.0. The van der Waals surface area contributed by atoms with E-state index < -0.39 is 5.97 Å². The molecule has 0 fully saturated rings. The third kappa shape index (κ3) is 2.57. The van der Waals surface area contributed by atoms with Gasteiger partial charge >= 0.3 is 5.97 Å². The lowest BCUT2D eigenvalue weighted by molar-refractivity contribution is 0.0600. The highest BCUT2D eigenvalue weighted by Gasteiger charge is 2.10. The summed E-state index contributed by atoms with van der Waals surface area (Å²) in [6, 6.07) is 2.98. The zero-order chi connectivity index (χ0) is 14.0. The molecule has 6 heteroatoms. The number of rotatable bonds is 3. The van der Waals surface area contributed by atoms with Gasteiger partial charge in [-0.05, 0) is 19.9 Å². The first-order valence-corrected chi connectivity index (χ1v) is 5.88. The molecule has 0 atom stereocenters. The molecule has 0 aromatic carbocycles. The van der Waals surface area contributed by atoms with Crippen molar-refractivity contribution in [3.63, 3.8) is 0 Å². The van der Waals surface area contributed by atoms with E-state index in [0.717, 1.165) is 0 Å². The molecule has 0 bridgehead atoms. The second-order valence-electron chi connectivity index (χ2n) is 4.39. The predicted molar refractivity (Wildman–Crippen MR) is 69.5 cm³/mol. The molecule has 0 N–H and O–H groups in total. The molecule has 100 valence electrons. The van der Waals surface area contributed by atoms with Gasteiger partial charge < -0.3 is 4.74 Å². The van der Waals surface area contributed by atoms with Crippen molar-refractivity contribution in [3.8, 4) is 5.69 Å². The minimum absolute atomic E-state index is 0.202. The summed E-state index contributed by atoms with van der Waals surface area (Å²) in [5.41, 5.74) is 0.708. The zero-order valence-corrected chi connectivity index (χ0v) is 11.0. The summed E-state index contributed by atoms with van der Waals surface area (Å²) in [6.45, 7) is 3.98. The van der Waals surface area contributed by atoms with Crippen molar-refractivity contribution in [3.05, 3.63) is 46.6 Å². The average molecular weight is 261 g/mol. The van der Waals surface area contributed by atoms with Gasteiger partial charge in [0.25, 0.3) is 5.56 Å². The summed E-state index contributed by atoms with van der Waals surface area (Å²) in [7, 11) is 1.30. The number of hydrogen-bond donors (Lipinski definition) is 0. The monoisotopic (exact) mass is 261 g/mol. The van der Waals surface area contributed by atoms with Crippen LogP contribution in [0, 0.1) is 0 Å². The van der Waals surface area contributed by atoms with Crippen LogP contribution < -0.4 is 5.56 Å². The van der Waals surface area contributed by atoms with E-state index in [4.69, 9.17) is 0 Å². The Morgan fingerprint density at radius 3 is 2.63 bits per heavy atom. The third-order valence-corrected chi connectivity index (χ3v) is 2.73. The Labute approximate surface area is 110 Å². The van der Waals surface area contributed by atoms with Gasteiger partial charge in [-0.15, -0.1) is 0 Å². The number of methoxy groups -OCH3 is 1. The molecule has 0 aliphatic rings. The smallest absolute Gasteiger partial charge is 0.339 e. The summed E-state index contributed by atoms with van der Waals surface area (Å²) < 4.78 is 7.75. The maximum Gasteiger partial charge on any atom is 0.339 e. The van der Waals surface area contributed by atoms with Crippen molar-refractivity contribution in [1.82, 2.24) is 14.3 Å². The lowest BCUT2D eigenvalue weighted by Crippen LogP contribution is -2.18. The van der Waals surface area contributed by atoms with E-state index in [9.17, 15) is 9.59 Å². The summed E-state index contributed by atoms with van der Waals surface area (Å²) in [6.07, 6.45) is 4.80. The molecule has 0 radical (unpaired) electrons. The van der Waals surface area contributed by atoms with Crippen molar-refractivity contribution >= 4 is 5.97 Å². The fraction of sp³-hybridized carbons (Fsp3) is 0.308. The number of ether oxygens (including phenoxy) is 1. The van der Waals surface area contributed by atoms with Gasteiger partial charge in [0, 0.05) is 24.5 Å². The Bertz CT molecular complexity index is 655. The fourth-order valence-electron chi connectivity index (χ4n) is 1.66. The Morgan fingerprint density at radius 1 is 1.32 bits per heavy atom. The summed E-state index contributed by atoms with van der Waals surface area (Å²) >= 11 is 0. The van der Waals surface area contributed by atoms with E-state index >= 15 is 0 Å². The van der Waals surface area contributed by atoms with Crippen LogP contribution in [0.15, 0.2) is 35.5 Å². The van der Waals surface area contributed by atoms with Crippen LogP contribution in [0.2, 0.25) is 0 Å². The minimum atomic E-state index is -0.481. The summed E-state index contributed by atoms with van der Waals surface area (Å²) in [4.78, 5) is 23.3. The molecule has 0 spiro atoms. The van der Waals surface area contributed by atoms with Crippen LogP contribution in [0.3, 0.4) is 0 Å². The van der Waals surface area contributed by atoms with E-state index in [0.29, 0.717) is 11.3 Å². The Balaban J connectivity index is 2.48. The van der Waals surface area contributed by atoms with E-state index in [1.165, 1.54) is 30.0 Å².